The van der Waals surface area contributed by atoms with Crippen LogP contribution in [0.1, 0.15) is 44.7 Å². The molecule has 0 amide bonds. The van der Waals surface area contributed by atoms with E-state index in [9.17, 15) is 0 Å². The summed E-state index contributed by atoms with van der Waals surface area (Å²) in [5.74, 6) is 0.663. The molecule has 0 saturated carbocycles. The number of benzene rings is 2. The minimum atomic E-state index is 0.625. The molecule has 3 heteroatoms. The molecule has 146 valence electrons. The minimum Gasteiger partial charge on any atom is -0.341 e. The van der Waals surface area contributed by atoms with Crippen LogP contribution < -0.4 is 10.2 Å². The van der Waals surface area contributed by atoms with E-state index in [4.69, 9.17) is 5.26 Å². The number of para-hydroxylation sites is 1. The van der Waals surface area contributed by atoms with Crippen LogP contribution in [0.3, 0.4) is 0 Å². The maximum atomic E-state index is 7.62. The van der Waals surface area contributed by atoms with Crippen molar-refractivity contribution in [3.63, 3.8) is 0 Å². The van der Waals surface area contributed by atoms with Gasteiger partial charge in [0.15, 0.2) is 0 Å². The third kappa shape index (κ3) is 7.45. The summed E-state index contributed by atoms with van der Waals surface area (Å²) in [6.45, 7) is 10.4. The van der Waals surface area contributed by atoms with Gasteiger partial charge in [-0.25, -0.2) is 0 Å². The van der Waals surface area contributed by atoms with E-state index in [0.29, 0.717) is 12.3 Å². The number of nitriles is 1. The van der Waals surface area contributed by atoms with Gasteiger partial charge in [0.05, 0.1) is 6.07 Å². The monoisotopic (exact) mass is 365 g/mol. The lowest BCUT2D eigenvalue weighted by Gasteiger charge is -2.36. The molecule has 3 nitrogen and oxygen atoms in total. The summed E-state index contributed by atoms with van der Waals surface area (Å²) in [4.78, 5) is 2.46. The molecule has 1 aliphatic heterocycles. The highest BCUT2D eigenvalue weighted by atomic mass is 15.1. The molecule has 0 aliphatic carbocycles. The zero-order valence-electron chi connectivity index (χ0n) is 17.6. The van der Waals surface area contributed by atoms with E-state index in [1.54, 1.807) is 0 Å². The average molecular weight is 366 g/mol. The third-order valence-corrected chi connectivity index (χ3v) is 4.23. The summed E-state index contributed by atoms with van der Waals surface area (Å²) >= 11 is 0. The van der Waals surface area contributed by atoms with E-state index in [1.165, 1.54) is 35.3 Å². The molecular formula is C24H35N3. The summed E-state index contributed by atoms with van der Waals surface area (Å²) in [5.41, 5.74) is 5.43. The fraction of sp³-hybridized carbons (Fsp3) is 0.458. The van der Waals surface area contributed by atoms with Crippen LogP contribution in [0.25, 0.3) is 0 Å². The number of rotatable bonds is 3. The van der Waals surface area contributed by atoms with Crippen LogP contribution in [-0.4, -0.2) is 20.1 Å². The van der Waals surface area contributed by atoms with Gasteiger partial charge in [0.25, 0.3) is 0 Å². The summed E-state index contributed by atoms with van der Waals surface area (Å²) in [5, 5.41) is 10.9. The van der Waals surface area contributed by atoms with Gasteiger partial charge in [-0.3, -0.25) is 0 Å². The molecule has 27 heavy (non-hydrogen) atoms. The van der Waals surface area contributed by atoms with Crippen LogP contribution in [0.5, 0.6) is 0 Å². The van der Waals surface area contributed by atoms with E-state index in [0.717, 1.165) is 13.1 Å². The Labute approximate surface area is 166 Å². The fourth-order valence-corrected chi connectivity index (χ4v) is 3.07. The Morgan fingerprint density at radius 2 is 1.67 bits per heavy atom. The fourth-order valence-electron chi connectivity index (χ4n) is 3.07. The van der Waals surface area contributed by atoms with E-state index in [-0.39, 0.29) is 0 Å². The Hall–Kier alpha value is -2.31. The normalized spacial score (nSPS) is 14.7. The first-order valence-corrected chi connectivity index (χ1v) is 10.0. The minimum absolute atomic E-state index is 0.625. The second kappa shape index (κ2) is 12.9. The summed E-state index contributed by atoms with van der Waals surface area (Å²) in [6.07, 6.45) is 3.04. The lowest BCUT2D eigenvalue weighted by Crippen LogP contribution is -2.36. The SMILES string of the molecule is CCC.CCC#N.CNCC1Cc2ccccc2N(c2ccc(C)cc2)C1. The van der Waals surface area contributed by atoms with Crippen molar-refractivity contribution < 1.29 is 0 Å². The number of aryl methyl sites for hydroxylation is 1. The molecule has 0 bridgehead atoms. The van der Waals surface area contributed by atoms with Crippen molar-refractivity contribution in [3.05, 3.63) is 59.7 Å². The van der Waals surface area contributed by atoms with Gasteiger partial charge < -0.3 is 10.2 Å². The molecule has 1 N–H and O–H groups in total. The van der Waals surface area contributed by atoms with Crippen LogP contribution >= 0.6 is 0 Å². The summed E-state index contributed by atoms with van der Waals surface area (Å²) < 4.78 is 0. The van der Waals surface area contributed by atoms with E-state index in [1.807, 2.05) is 20.0 Å². The third-order valence-electron chi connectivity index (χ3n) is 4.23. The first kappa shape index (κ1) is 22.7. The first-order valence-electron chi connectivity index (χ1n) is 10.0. The van der Waals surface area contributed by atoms with Gasteiger partial charge in [0.2, 0.25) is 0 Å². The van der Waals surface area contributed by atoms with Crippen molar-refractivity contribution >= 4 is 11.4 Å². The zero-order chi connectivity index (χ0) is 20.1. The van der Waals surface area contributed by atoms with Gasteiger partial charge in [-0.2, -0.15) is 5.26 Å². The second-order valence-electron chi connectivity index (χ2n) is 6.92. The maximum Gasteiger partial charge on any atom is 0.0618 e. The highest BCUT2D eigenvalue weighted by Crippen LogP contribution is 2.35. The molecule has 1 unspecified atom stereocenters. The lowest BCUT2D eigenvalue weighted by molar-refractivity contribution is 0.487. The molecule has 0 spiro atoms. The Bertz CT molecular complexity index is 686. The Balaban J connectivity index is 0.000000453. The van der Waals surface area contributed by atoms with Gasteiger partial charge in [0, 0.05) is 24.3 Å². The predicted molar refractivity (Wildman–Crippen MR) is 118 cm³/mol. The molecule has 3 rings (SSSR count). The molecule has 1 atom stereocenters. The Morgan fingerprint density at radius 3 is 2.22 bits per heavy atom. The molecule has 0 aromatic heterocycles. The smallest absolute Gasteiger partial charge is 0.0618 e. The molecule has 1 aliphatic rings. The van der Waals surface area contributed by atoms with Crippen LogP contribution in [0.2, 0.25) is 0 Å². The van der Waals surface area contributed by atoms with E-state index < -0.39 is 0 Å². The first-order chi connectivity index (χ1) is 13.1. The predicted octanol–water partition coefficient (Wildman–Crippen LogP) is 5.86. The Kier molecular flexibility index (Phi) is 10.9. The summed E-state index contributed by atoms with van der Waals surface area (Å²) in [6, 6.07) is 19.6. The van der Waals surface area contributed by atoms with Gasteiger partial charge in [-0.05, 0) is 56.6 Å². The average Bonchev–Trinajstić information content (AvgIpc) is 2.69. The van der Waals surface area contributed by atoms with Crippen molar-refractivity contribution in [2.75, 3.05) is 25.0 Å². The van der Waals surface area contributed by atoms with E-state index in [2.05, 4.69) is 79.5 Å². The number of fused-ring (bicyclic) bond motifs is 1. The zero-order valence-corrected chi connectivity index (χ0v) is 17.6. The number of hydrogen-bond donors (Lipinski definition) is 1. The molecule has 0 radical (unpaired) electrons. The van der Waals surface area contributed by atoms with Gasteiger partial charge >= 0.3 is 0 Å². The number of nitrogens with zero attached hydrogens (tertiary/aromatic N) is 2. The number of hydrogen-bond acceptors (Lipinski definition) is 3. The maximum absolute atomic E-state index is 7.62. The van der Waals surface area contributed by atoms with Gasteiger partial charge in [0.1, 0.15) is 0 Å². The Morgan fingerprint density at radius 1 is 1.07 bits per heavy atom. The molecule has 2 aromatic rings. The molecular weight excluding hydrogens is 330 g/mol. The van der Waals surface area contributed by atoms with Crippen LogP contribution in [0, 0.1) is 24.2 Å². The summed E-state index contributed by atoms with van der Waals surface area (Å²) in [7, 11) is 2.04. The van der Waals surface area contributed by atoms with Gasteiger partial charge in [-0.15, -0.1) is 0 Å². The standard InChI is InChI=1S/C18H22N2.C3H5N.C3H8/c1-14-7-9-17(10-8-14)20-13-15(12-19-2)11-16-5-3-4-6-18(16)20;1-2-3-4;1-3-2/h3-10,15,19H,11-13H2,1-2H3;2H2,1H3;3H2,1-2H3. The van der Waals surface area contributed by atoms with Crippen LogP contribution in [0.15, 0.2) is 48.5 Å². The number of anilines is 2. The van der Waals surface area contributed by atoms with Gasteiger partial charge in [-0.1, -0.05) is 63.1 Å². The van der Waals surface area contributed by atoms with E-state index >= 15 is 0 Å². The highest BCUT2D eigenvalue weighted by Gasteiger charge is 2.24. The molecule has 2 aromatic carbocycles. The largest absolute Gasteiger partial charge is 0.341 e. The lowest BCUT2D eigenvalue weighted by atomic mass is 9.92. The second-order valence-corrected chi connectivity index (χ2v) is 6.92. The van der Waals surface area contributed by atoms with Crippen molar-refractivity contribution in [1.29, 1.82) is 5.26 Å². The highest BCUT2D eigenvalue weighted by molar-refractivity contribution is 5.68. The van der Waals surface area contributed by atoms with Crippen molar-refractivity contribution in [2.24, 2.45) is 5.92 Å². The topological polar surface area (TPSA) is 39.1 Å². The molecule has 1 heterocycles. The van der Waals surface area contributed by atoms with Crippen LogP contribution in [-0.2, 0) is 6.42 Å². The van der Waals surface area contributed by atoms with Crippen molar-refractivity contribution in [2.45, 2.75) is 47.0 Å². The number of nitrogens with one attached hydrogen (secondary N) is 1. The van der Waals surface area contributed by atoms with Crippen molar-refractivity contribution in [1.82, 2.24) is 5.32 Å². The van der Waals surface area contributed by atoms with Crippen LogP contribution in [0.4, 0.5) is 11.4 Å². The molecule has 0 fully saturated rings. The quantitative estimate of drug-likeness (QED) is 0.740. The van der Waals surface area contributed by atoms with Crippen molar-refractivity contribution in [3.8, 4) is 6.07 Å². The molecule has 0 saturated heterocycles.